The molecule has 0 saturated heterocycles. The van der Waals surface area contributed by atoms with Crippen LogP contribution in [-0.2, 0) is 9.09 Å². The normalized spacial score (nSPS) is 19.2. The fraction of sp³-hybridized carbons (Fsp3) is 1.00. The second-order valence-electron chi connectivity index (χ2n) is 1.70. The van der Waals surface area contributed by atoms with Crippen LogP contribution in [0.1, 0.15) is 6.92 Å². The van der Waals surface area contributed by atoms with E-state index in [9.17, 15) is 13.3 Å². The monoisotopic (exact) mass is 160 g/mol. The van der Waals surface area contributed by atoms with E-state index in [1.807, 2.05) is 0 Å². The Kier molecular flexibility index (Phi) is 2.33. The average molecular weight is 160 g/mol. The third-order valence-corrected chi connectivity index (χ3v) is 0.989. The van der Waals surface area contributed by atoms with E-state index in [1.165, 1.54) is 0 Å². The minimum Gasteiger partial charge on any atom is -0.324 e. The van der Waals surface area contributed by atoms with E-state index in [-0.39, 0.29) is 0 Å². The van der Waals surface area contributed by atoms with Crippen LogP contribution in [0.4, 0.5) is 8.78 Å². The molecular weight excluding hydrogens is 153 g/mol. The Bertz CT molecular complexity index is 134. The molecule has 0 heterocycles. The molecule has 0 aliphatic rings. The zero-order chi connectivity index (χ0) is 7.71. The van der Waals surface area contributed by atoms with Crippen LogP contribution in [0.15, 0.2) is 0 Å². The lowest BCUT2D eigenvalue weighted by molar-refractivity contribution is -0.162. The van der Waals surface area contributed by atoms with Gasteiger partial charge in [0, 0.05) is 13.6 Å². The lowest BCUT2D eigenvalue weighted by atomic mass is 10.8. The van der Waals surface area contributed by atoms with E-state index in [0.29, 0.717) is 13.6 Å². The van der Waals surface area contributed by atoms with E-state index < -0.39 is 13.7 Å². The molecule has 0 aromatic heterocycles. The first kappa shape index (κ1) is 9.01. The molecular formula is C3H7F2O3P. The van der Waals surface area contributed by atoms with Gasteiger partial charge in [-0.1, -0.05) is 0 Å². The van der Waals surface area contributed by atoms with Gasteiger partial charge in [-0.05, 0) is 0 Å². The molecule has 0 aromatic rings. The molecule has 0 aliphatic heterocycles. The lowest BCUT2D eigenvalue weighted by Crippen LogP contribution is -2.12. The van der Waals surface area contributed by atoms with Gasteiger partial charge in [0.15, 0.2) is 0 Å². The maximum atomic E-state index is 11.7. The maximum absolute atomic E-state index is 11.7. The summed E-state index contributed by atoms with van der Waals surface area (Å²) in [5, 5.41) is 0. The van der Waals surface area contributed by atoms with Gasteiger partial charge in [0.2, 0.25) is 0 Å². The van der Waals surface area contributed by atoms with Gasteiger partial charge in [-0.25, -0.2) is 4.52 Å². The predicted octanol–water partition coefficient (Wildman–Crippen LogP) is 1.43. The molecule has 0 amide bonds. The number of alkyl halides is 2. The molecule has 0 aliphatic carbocycles. The molecule has 3 nitrogen and oxygen atoms in total. The minimum absolute atomic E-state index is 0.402. The molecule has 1 atom stereocenters. The Balaban J connectivity index is 3.90. The van der Waals surface area contributed by atoms with Crippen LogP contribution in [0.2, 0.25) is 0 Å². The number of halogens is 2. The largest absolute Gasteiger partial charge is 0.359 e. The fourth-order valence-corrected chi connectivity index (χ4v) is 0.892. The predicted molar refractivity (Wildman–Crippen MR) is 27.5 cm³/mol. The molecule has 0 rings (SSSR count). The molecule has 0 fully saturated rings. The second-order valence-corrected chi connectivity index (χ2v) is 3.49. The van der Waals surface area contributed by atoms with Crippen molar-refractivity contribution in [2.24, 2.45) is 0 Å². The molecule has 9 heavy (non-hydrogen) atoms. The molecule has 0 radical (unpaired) electrons. The molecule has 0 bridgehead atoms. The van der Waals surface area contributed by atoms with E-state index >= 15 is 0 Å². The fourth-order valence-electron chi connectivity index (χ4n) is 0.297. The first-order chi connectivity index (χ1) is 3.71. The number of hydrogen-bond donors (Lipinski definition) is 1. The summed E-state index contributed by atoms with van der Waals surface area (Å²) >= 11 is 0. The van der Waals surface area contributed by atoms with Crippen LogP contribution >= 0.6 is 7.60 Å². The van der Waals surface area contributed by atoms with Crippen molar-refractivity contribution >= 4 is 7.60 Å². The van der Waals surface area contributed by atoms with Crippen LogP contribution in [0, 0.1) is 0 Å². The van der Waals surface area contributed by atoms with Gasteiger partial charge in [-0.15, -0.1) is 0 Å². The van der Waals surface area contributed by atoms with Crippen molar-refractivity contribution in [1.82, 2.24) is 0 Å². The zero-order valence-corrected chi connectivity index (χ0v) is 5.86. The zero-order valence-electron chi connectivity index (χ0n) is 4.97. The molecule has 56 valence electrons. The third kappa shape index (κ3) is 8.01. The summed E-state index contributed by atoms with van der Waals surface area (Å²) in [5.74, 6) is 0. The van der Waals surface area contributed by atoms with Gasteiger partial charge < -0.3 is 4.89 Å². The Labute approximate surface area is 51.2 Å². The SMILES string of the molecule is CC(F)(F)OP(C)(=O)O. The van der Waals surface area contributed by atoms with Crippen molar-refractivity contribution in [3.05, 3.63) is 0 Å². The van der Waals surface area contributed by atoms with Gasteiger partial charge >= 0.3 is 13.7 Å². The number of hydrogen-bond acceptors (Lipinski definition) is 2. The summed E-state index contributed by atoms with van der Waals surface area (Å²) in [4.78, 5) is 8.21. The van der Waals surface area contributed by atoms with Crippen molar-refractivity contribution < 1.29 is 22.8 Å². The highest BCUT2D eigenvalue weighted by molar-refractivity contribution is 7.51. The average Bonchev–Trinajstić information content (AvgIpc) is 1.14. The minimum atomic E-state index is -4.04. The van der Waals surface area contributed by atoms with Crippen LogP contribution in [0.25, 0.3) is 0 Å². The topological polar surface area (TPSA) is 46.5 Å². The van der Waals surface area contributed by atoms with Crippen LogP contribution in [-0.4, -0.2) is 17.7 Å². The molecule has 1 N–H and O–H groups in total. The summed E-state index contributed by atoms with van der Waals surface area (Å²) in [6, 6.07) is 0. The quantitative estimate of drug-likeness (QED) is 0.621. The van der Waals surface area contributed by atoms with E-state index in [4.69, 9.17) is 4.89 Å². The summed E-state index contributed by atoms with van der Waals surface area (Å²) < 4.78 is 36.8. The Morgan fingerprint density at radius 1 is 1.67 bits per heavy atom. The van der Waals surface area contributed by atoms with Gasteiger partial charge in [-0.2, -0.15) is 8.78 Å². The van der Waals surface area contributed by atoms with Crippen molar-refractivity contribution in [1.29, 1.82) is 0 Å². The Morgan fingerprint density at radius 2 is 2.00 bits per heavy atom. The van der Waals surface area contributed by atoms with E-state index in [1.54, 1.807) is 0 Å². The Hall–Kier alpha value is 0.01000. The van der Waals surface area contributed by atoms with Crippen LogP contribution in [0.5, 0.6) is 0 Å². The Morgan fingerprint density at radius 3 is 2.00 bits per heavy atom. The standard InChI is InChI=1S/C3H7F2O3P/c1-3(4,5)8-9(2,6)7/h1-2H3,(H,6,7). The third-order valence-electron chi connectivity index (χ3n) is 0.330. The van der Waals surface area contributed by atoms with Crippen LogP contribution < -0.4 is 0 Å². The summed E-state index contributed by atoms with van der Waals surface area (Å²) in [7, 11) is -4.04. The highest BCUT2D eigenvalue weighted by Gasteiger charge is 2.30. The molecule has 0 aromatic carbocycles. The first-order valence-electron chi connectivity index (χ1n) is 2.09. The van der Waals surface area contributed by atoms with Crippen LogP contribution in [0.3, 0.4) is 0 Å². The highest BCUT2D eigenvalue weighted by Crippen LogP contribution is 2.42. The van der Waals surface area contributed by atoms with Gasteiger partial charge in [0.1, 0.15) is 0 Å². The van der Waals surface area contributed by atoms with Crippen molar-refractivity contribution in [3.63, 3.8) is 0 Å². The van der Waals surface area contributed by atoms with Crippen molar-refractivity contribution in [2.45, 2.75) is 13.0 Å². The highest BCUT2D eigenvalue weighted by atomic mass is 31.2. The van der Waals surface area contributed by atoms with E-state index in [0.717, 1.165) is 0 Å². The molecule has 1 unspecified atom stereocenters. The van der Waals surface area contributed by atoms with Gasteiger partial charge in [-0.3, -0.25) is 4.57 Å². The first-order valence-corrected chi connectivity index (χ1v) is 4.12. The smallest absolute Gasteiger partial charge is 0.324 e. The summed E-state index contributed by atoms with van der Waals surface area (Å²) in [5.41, 5.74) is 0. The summed E-state index contributed by atoms with van der Waals surface area (Å²) in [6.45, 7) is 1.10. The van der Waals surface area contributed by atoms with E-state index in [2.05, 4.69) is 4.52 Å². The number of rotatable bonds is 2. The van der Waals surface area contributed by atoms with Crippen molar-refractivity contribution in [2.75, 3.05) is 6.66 Å². The lowest BCUT2D eigenvalue weighted by Gasteiger charge is -2.12. The molecule has 0 spiro atoms. The summed E-state index contributed by atoms with van der Waals surface area (Å²) in [6.07, 6.45) is -3.53. The molecule has 6 heteroatoms. The maximum Gasteiger partial charge on any atom is 0.359 e. The van der Waals surface area contributed by atoms with Gasteiger partial charge in [0.05, 0.1) is 0 Å². The second kappa shape index (κ2) is 2.33. The molecule has 0 saturated carbocycles. The van der Waals surface area contributed by atoms with Gasteiger partial charge in [0.25, 0.3) is 0 Å². The van der Waals surface area contributed by atoms with Crippen molar-refractivity contribution in [3.8, 4) is 0 Å².